The van der Waals surface area contributed by atoms with Gasteiger partial charge in [0.1, 0.15) is 5.82 Å². The average Bonchev–Trinajstić information content (AvgIpc) is 2.54. The number of rotatable bonds is 2. The van der Waals surface area contributed by atoms with Crippen molar-refractivity contribution >= 4 is 16.7 Å². The highest BCUT2D eigenvalue weighted by Gasteiger charge is 2.12. The van der Waals surface area contributed by atoms with Gasteiger partial charge in [0.05, 0.1) is 17.2 Å². The Balaban J connectivity index is 2.33. The van der Waals surface area contributed by atoms with E-state index < -0.39 is 11.8 Å². The topological polar surface area (TPSA) is 61.1 Å². The normalized spacial score (nSPS) is 10.4. The number of carboxylic acid groups (broad SMARTS) is 1. The van der Waals surface area contributed by atoms with E-state index in [0.717, 1.165) is 5.39 Å². The Bertz CT molecular complexity index is 941. The summed E-state index contributed by atoms with van der Waals surface area (Å²) in [7, 11) is 0. The van der Waals surface area contributed by atoms with E-state index in [0.29, 0.717) is 16.5 Å². The van der Waals surface area contributed by atoms with Gasteiger partial charge >= 0.3 is 5.97 Å². The molecule has 0 amide bonds. The lowest BCUT2D eigenvalue weighted by Crippen LogP contribution is -1.96. The molecule has 0 bridgehead atoms. The van der Waals surface area contributed by atoms with E-state index >= 15 is 0 Å². The number of benzene rings is 3. The molecule has 0 heterocycles. The van der Waals surface area contributed by atoms with Crippen LogP contribution in [0.2, 0.25) is 0 Å². The summed E-state index contributed by atoms with van der Waals surface area (Å²) in [5.74, 6) is -1.49. The average molecular weight is 291 g/mol. The highest BCUT2D eigenvalue weighted by atomic mass is 19.1. The molecule has 1 N–H and O–H groups in total. The van der Waals surface area contributed by atoms with Gasteiger partial charge in [0.25, 0.3) is 0 Å². The van der Waals surface area contributed by atoms with Crippen molar-refractivity contribution in [3.63, 3.8) is 0 Å². The zero-order chi connectivity index (χ0) is 15.7. The predicted octanol–water partition coefficient (Wildman–Crippen LogP) is 4.22. The molecule has 3 rings (SSSR count). The van der Waals surface area contributed by atoms with Crippen LogP contribution in [-0.4, -0.2) is 11.1 Å². The van der Waals surface area contributed by atoms with Crippen LogP contribution >= 0.6 is 0 Å². The summed E-state index contributed by atoms with van der Waals surface area (Å²) in [6.07, 6.45) is 0. The first kappa shape index (κ1) is 13.8. The quantitative estimate of drug-likeness (QED) is 0.769. The smallest absolute Gasteiger partial charge is 0.335 e. The van der Waals surface area contributed by atoms with Crippen LogP contribution in [0, 0.1) is 17.1 Å². The fourth-order valence-electron chi connectivity index (χ4n) is 2.44. The largest absolute Gasteiger partial charge is 0.478 e. The number of halogens is 1. The van der Waals surface area contributed by atoms with Crippen LogP contribution in [0.3, 0.4) is 0 Å². The van der Waals surface area contributed by atoms with Crippen LogP contribution in [0.1, 0.15) is 15.9 Å². The Kier molecular flexibility index (Phi) is 3.32. The lowest BCUT2D eigenvalue weighted by molar-refractivity contribution is 0.0697. The molecule has 0 atom stereocenters. The van der Waals surface area contributed by atoms with Gasteiger partial charge in [-0.3, -0.25) is 0 Å². The Labute approximate surface area is 125 Å². The molecule has 0 saturated heterocycles. The third-order valence-corrected chi connectivity index (χ3v) is 3.51. The van der Waals surface area contributed by atoms with Crippen molar-refractivity contribution in [3.05, 3.63) is 71.5 Å². The van der Waals surface area contributed by atoms with E-state index in [9.17, 15) is 9.18 Å². The molecule has 4 heteroatoms. The van der Waals surface area contributed by atoms with Gasteiger partial charge in [-0.2, -0.15) is 5.26 Å². The number of hydrogen-bond donors (Lipinski definition) is 1. The van der Waals surface area contributed by atoms with Crippen molar-refractivity contribution in [3.8, 4) is 17.2 Å². The molecule has 22 heavy (non-hydrogen) atoms. The zero-order valence-corrected chi connectivity index (χ0v) is 11.4. The Morgan fingerprint density at radius 2 is 1.86 bits per heavy atom. The van der Waals surface area contributed by atoms with Crippen molar-refractivity contribution in [2.24, 2.45) is 0 Å². The first-order chi connectivity index (χ1) is 10.6. The van der Waals surface area contributed by atoms with Crippen LogP contribution < -0.4 is 0 Å². The summed E-state index contributed by atoms with van der Waals surface area (Å²) in [6.45, 7) is 0. The van der Waals surface area contributed by atoms with E-state index in [1.807, 2.05) is 12.1 Å². The number of nitrogens with zero attached hydrogens (tertiary/aromatic N) is 1. The van der Waals surface area contributed by atoms with Gasteiger partial charge in [-0.25, -0.2) is 9.18 Å². The summed E-state index contributed by atoms with van der Waals surface area (Å²) in [5.41, 5.74) is 1.34. The van der Waals surface area contributed by atoms with E-state index in [1.165, 1.54) is 30.3 Å². The van der Waals surface area contributed by atoms with Crippen molar-refractivity contribution in [2.45, 2.75) is 0 Å². The molecular formula is C18H10FNO2. The van der Waals surface area contributed by atoms with Crippen LogP contribution in [0.25, 0.3) is 21.9 Å². The van der Waals surface area contributed by atoms with Crippen LogP contribution in [0.5, 0.6) is 0 Å². The summed E-state index contributed by atoms with van der Waals surface area (Å²) in [4.78, 5) is 11.1. The van der Waals surface area contributed by atoms with Crippen molar-refractivity contribution < 1.29 is 14.3 Å². The van der Waals surface area contributed by atoms with Crippen LogP contribution in [0.4, 0.5) is 4.39 Å². The monoisotopic (exact) mass is 291 g/mol. The Morgan fingerprint density at radius 3 is 2.59 bits per heavy atom. The summed E-state index contributed by atoms with van der Waals surface area (Å²) in [6, 6.07) is 16.1. The van der Waals surface area contributed by atoms with Gasteiger partial charge in [0, 0.05) is 5.56 Å². The summed E-state index contributed by atoms with van der Waals surface area (Å²) >= 11 is 0. The molecule has 3 aromatic carbocycles. The number of aromatic carboxylic acids is 1. The van der Waals surface area contributed by atoms with E-state index in [1.54, 1.807) is 18.2 Å². The first-order valence-electron chi connectivity index (χ1n) is 6.56. The number of carboxylic acids is 1. The molecule has 0 aromatic heterocycles. The van der Waals surface area contributed by atoms with Crippen molar-refractivity contribution in [1.82, 2.24) is 0 Å². The molecule has 3 nitrogen and oxygen atoms in total. The molecule has 0 fully saturated rings. The summed E-state index contributed by atoms with van der Waals surface area (Å²) in [5, 5.41) is 19.6. The predicted molar refractivity (Wildman–Crippen MR) is 81.0 cm³/mol. The molecule has 0 aliphatic heterocycles. The van der Waals surface area contributed by atoms with Gasteiger partial charge in [-0.1, -0.05) is 24.3 Å². The summed E-state index contributed by atoms with van der Waals surface area (Å²) < 4.78 is 14.2. The number of nitriles is 1. The van der Waals surface area contributed by atoms with Gasteiger partial charge in [-0.15, -0.1) is 0 Å². The molecule has 0 aliphatic rings. The Morgan fingerprint density at radius 1 is 1.05 bits per heavy atom. The number of carbonyl (C=O) groups is 1. The highest BCUT2D eigenvalue weighted by molar-refractivity contribution is 6.01. The molecule has 0 spiro atoms. The van der Waals surface area contributed by atoms with Crippen LogP contribution in [0.15, 0.2) is 54.6 Å². The fraction of sp³-hybridized carbons (Fsp3) is 0. The van der Waals surface area contributed by atoms with E-state index in [2.05, 4.69) is 0 Å². The minimum Gasteiger partial charge on any atom is -0.478 e. The minimum absolute atomic E-state index is 0.136. The Hall–Kier alpha value is -3.19. The highest BCUT2D eigenvalue weighted by Crippen LogP contribution is 2.31. The van der Waals surface area contributed by atoms with Gasteiger partial charge < -0.3 is 5.11 Å². The van der Waals surface area contributed by atoms with Gasteiger partial charge in [-0.05, 0) is 46.7 Å². The fourth-order valence-corrected chi connectivity index (χ4v) is 2.44. The maximum atomic E-state index is 14.2. The molecule has 0 aliphatic carbocycles. The molecule has 0 saturated carbocycles. The third-order valence-electron chi connectivity index (χ3n) is 3.51. The maximum Gasteiger partial charge on any atom is 0.335 e. The second kappa shape index (κ2) is 5.30. The van der Waals surface area contributed by atoms with Gasteiger partial charge in [0.2, 0.25) is 0 Å². The second-order valence-corrected chi connectivity index (χ2v) is 4.85. The lowest BCUT2D eigenvalue weighted by Gasteiger charge is -2.09. The van der Waals surface area contributed by atoms with E-state index in [4.69, 9.17) is 10.4 Å². The molecular weight excluding hydrogens is 281 g/mol. The van der Waals surface area contributed by atoms with Crippen molar-refractivity contribution in [1.29, 1.82) is 5.26 Å². The second-order valence-electron chi connectivity index (χ2n) is 4.85. The van der Waals surface area contributed by atoms with E-state index in [-0.39, 0.29) is 11.1 Å². The van der Waals surface area contributed by atoms with Gasteiger partial charge in [0.15, 0.2) is 0 Å². The lowest BCUT2D eigenvalue weighted by atomic mass is 9.95. The number of fused-ring (bicyclic) bond motifs is 1. The maximum absolute atomic E-state index is 14.2. The standard InChI is InChI=1S/C18H10FNO2/c19-17-7-4-11(10-20)8-16(17)14-3-1-2-12-5-6-13(18(21)22)9-15(12)14/h1-9H,(H,21,22). The minimum atomic E-state index is -1.04. The van der Waals surface area contributed by atoms with Crippen molar-refractivity contribution in [2.75, 3.05) is 0 Å². The molecule has 0 unspecified atom stereocenters. The SMILES string of the molecule is N#Cc1ccc(F)c(-c2cccc3ccc(C(=O)O)cc23)c1. The number of hydrogen-bond acceptors (Lipinski definition) is 2. The molecule has 106 valence electrons. The molecule has 0 radical (unpaired) electrons. The van der Waals surface area contributed by atoms with Crippen LogP contribution in [-0.2, 0) is 0 Å². The zero-order valence-electron chi connectivity index (χ0n) is 11.4. The molecule has 3 aromatic rings. The third kappa shape index (κ3) is 2.29. The first-order valence-corrected chi connectivity index (χ1v) is 6.56.